The number of nitrogens with one attached hydrogen (secondary N) is 1. The Hall–Kier alpha value is -2.69. The smallest absolute Gasteiger partial charge is 0.384 e. The molecule has 2 aliphatic carbocycles. The SMILES string of the molecule is Cc1cc(N)nc(-c2nc3c4c(nn(C5CC5)c4c2F)C2[C@H]4CNC[C@@]24[B]C3C)c1C(F)(F)F. The highest BCUT2D eigenvalue weighted by Gasteiger charge is 2.69. The second-order valence-electron chi connectivity index (χ2n) is 10.3. The van der Waals surface area contributed by atoms with Crippen molar-refractivity contribution in [2.75, 3.05) is 18.8 Å². The summed E-state index contributed by atoms with van der Waals surface area (Å²) < 4.78 is 60.2. The molecule has 7 rings (SSSR count). The number of aryl methyl sites for hydroxylation is 1. The summed E-state index contributed by atoms with van der Waals surface area (Å²) in [7, 11) is 2.25. The molecule has 1 saturated heterocycles. The van der Waals surface area contributed by atoms with Gasteiger partial charge in [0.2, 0.25) is 0 Å². The van der Waals surface area contributed by atoms with Gasteiger partial charge in [0.1, 0.15) is 30.0 Å². The summed E-state index contributed by atoms with van der Waals surface area (Å²) in [4.78, 5) is 8.52. The van der Waals surface area contributed by atoms with Crippen LogP contribution in [-0.2, 0) is 6.18 Å². The first kappa shape index (κ1) is 20.7. The number of nitrogens with two attached hydrogens (primary N) is 1. The Balaban J connectivity index is 1.56. The van der Waals surface area contributed by atoms with Gasteiger partial charge in [0.05, 0.1) is 17.3 Å². The molecule has 5 heterocycles. The lowest BCUT2D eigenvalue weighted by molar-refractivity contribution is -0.137. The second-order valence-corrected chi connectivity index (χ2v) is 10.3. The molecule has 0 bridgehead atoms. The quantitative estimate of drug-likeness (QED) is 0.436. The first-order chi connectivity index (χ1) is 16.1. The van der Waals surface area contributed by atoms with E-state index in [4.69, 9.17) is 10.8 Å². The molecular formula is C23H22BF4N6. The molecule has 3 aromatic heterocycles. The summed E-state index contributed by atoms with van der Waals surface area (Å²) in [5, 5.41) is 8.95. The molecule has 6 nitrogen and oxygen atoms in total. The van der Waals surface area contributed by atoms with Crippen molar-refractivity contribution in [2.45, 2.75) is 56.0 Å². The summed E-state index contributed by atoms with van der Waals surface area (Å²) in [6.45, 7) is 4.99. The number of alkyl halides is 3. The maximum Gasteiger partial charge on any atom is 0.418 e. The van der Waals surface area contributed by atoms with Gasteiger partial charge >= 0.3 is 6.18 Å². The molecule has 11 heteroatoms. The van der Waals surface area contributed by atoms with Gasteiger partial charge < -0.3 is 11.1 Å². The molecule has 3 N–H and O–H groups in total. The Bertz CT molecular complexity index is 1400. The minimum atomic E-state index is -4.74. The van der Waals surface area contributed by atoms with Crippen LogP contribution in [0.4, 0.5) is 23.4 Å². The monoisotopic (exact) mass is 469 g/mol. The van der Waals surface area contributed by atoms with Crippen molar-refractivity contribution in [3.8, 4) is 11.4 Å². The molecule has 1 spiro atoms. The van der Waals surface area contributed by atoms with E-state index in [1.54, 1.807) is 4.68 Å². The van der Waals surface area contributed by atoms with E-state index in [2.05, 4.69) is 22.6 Å². The zero-order valence-corrected chi connectivity index (χ0v) is 18.7. The fourth-order valence-electron chi connectivity index (χ4n) is 6.58. The van der Waals surface area contributed by atoms with Crippen LogP contribution in [0.25, 0.3) is 22.3 Å². The molecule has 2 unspecified atom stereocenters. The van der Waals surface area contributed by atoms with Crippen LogP contribution in [0.3, 0.4) is 0 Å². The summed E-state index contributed by atoms with van der Waals surface area (Å²) >= 11 is 0. The maximum absolute atomic E-state index is 16.3. The lowest BCUT2D eigenvalue weighted by Gasteiger charge is -2.19. The number of hydrogen-bond acceptors (Lipinski definition) is 5. The fraction of sp³-hybridized carbons (Fsp3) is 0.522. The number of nitrogen functional groups attached to an aromatic ring is 1. The van der Waals surface area contributed by atoms with Gasteiger partial charge in [0.15, 0.2) is 5.82 Å². The number of rotatable bonds is 2. The molecule has 1 radical (unpaired) electrons. The Morgan fingerprint density at radius 1 is 1.21 bits per heavy atom. The Morgan fingerprint density at radius 2 is 1.97 bits per heavy atom. The van der Waals surface area contributed by atoms with Crippen molar-refractivity contribution >= 4 is 24.0 Å². The van der Waals surface area contributed by atoms with Gasteiger partial charge in [-0.2, -0.15) is 18.3 Å². The van der Waals surface area contributed by atoms with Gasteiger partial charge in [-0.3, -0.25) is 4.68 Å². The van der Waals surface area contributed by atoms with Gasteiger partial charge in [0.25, 0.3) is 0 Å². The van der Waals surface area contributed by atoms with Crippen molar-refractivity contribution < 1.29 is 17.6 Å². The highest BCUT2D eigenvalue weighted by atomic mass is 19.4. The number of fused-ring (bicyclic) bond motifs is 2. The van der Waals surface area contributed by atoms with Crippen molar-refractivity contribution in [3.05, 3.63) is 34.4 Å². The lowest BCUT2D eigenvalue weighted by atomic mass is 9.51. The van der Waals surface area contributed by atoms with Gasteiger partial charge in [-0.25, -0.2) is 14.4 Å². The van der Waals surface area contributed by atoms with Gasteiger partial charge in [-0.05, 0) is 61.5 Å². The predicted octanol–water partition coefficient (Wildman–Crippen LogP) is 4.13. The minimum absolute atomic E-state index is 0.0536. The minimum Gasteiger partial charge on any atom is -0.384 e. The number of anilines is 1. The highest BCUT2D eigenvalue weighted by Crippen LogP contribution is 2.74. The van der Waals surface area contributed by atoms with Crippen molar-refractivity contribution in [3.63, 3.8) is 0 Å². The molecule has 4 aliphatic rings. The predicted molar refractivity (Wildman–Crippen MR) is 119 cm³/mol. The average molecular weight is 469 g/mol. The highest BCUT2D eigenvalue weighted by molar-refractivity contribution is 6.45. The van der Waals surface area contributed by atoms with Crippen LogP contribution < -0.4 is 11.1 Å². The third-order valence-electron chi connectivity index (χ3n) is 8.12. The first-order valence-corrected chi connectivity index (χ1v) is 11.6. The zero-order chi connectivity index (χ0) is 23.7. The van der Waals surface area contributed by atoms with Crippen LogP contribution in [0.5, 0.6) is 0 Å². The molecule has 2 saturated carbocycles. The summed E-state index contributed by atoms with van der Waals surface area (Å²) in [6, 6.07) is 1.21. The number of aromatic nitrogens is 4. The standard InChI is InChI=1S/C23H22BF4N6/c1-8-5-12(29)31-19(14(8)23(26,27)28)20-16(25)21-13-17(32-20)9(2)24-22-7-30-6-11(22)15(22)18(13)33-34(21)10-3-4-10/h5,9-11,15,30H,3-4,6-7H2,1-2H3,(H2,29,31)/t9?,11-,15?,22+/m1/s1. The molecule has 3 fully saturated rings. The van der Waals surface area contributed by atoms with E-state index in [9.17, 15) is 13.2 Å². The summed E-state index contributed by atoms with van der Waals surface area (Å²) in [6.07, 6.45) is -3.00. The number of nitrogens with zero attached hydrogens (tertiary/aromatic N) is 4. The van der Waals surface area contributed by atoms with E-state index in [-0.39, 0.29) is 40.0 Å². The van der Waals surface area contributed by atoms with Crippen LogP contribution in [-0.4, -0.2) is 40.1 Å². The zero-order valence-electron chi connectivity index (χ0n) is 18.7. The molecule has 2 aliphatic heterocycles. The Morgan fingerprint density at radius 3 is 2.68 bits per heavy atom. The number of piperidine rings is 1. The van der Waals surface area contributed by atoms with Crippen molar-refractivity contribution in [1.29, 1.82) is 0 Å². The first-order valence-electron chi connectivity index (χ1n) is 11.6. The van der Waals surface area contributed by atoms with Crippen LogP contribution in [0, 0.1) is 18.7 Å². The van der Waals surface area contributed by atoms with Crippen LogP contribution in [0.15, 0.2) is 6.07 Å². The van der Waals surface area contributed by atoms with Gasteiger partial charge in [0, 0.05) is 17.0 Å². The average Bonchev–Trinajstić information content (AvgIpc) is 3.61. The number of halogens is 4. The van der Waals surface area contributed by atoms with Gasteiger partial charge in [-0.1, -0.05) is 6.92 Å². The Labute approximate surface area is 193 Å². The topological polar surface area (TPSA) is 81.7 Å². The number of pyridine rings is 2. The molecule has 4 atom stereocenters. The van der Waals surface area contributed by atoms with Crippen molar-refractivity contribution in [2.24, 2.45) is 5.92 Å². The second kappa shape index (κ2) is 6.30. The molecule has 0 aromatic carbocycles. The van der Waals surface area contributed by atoms with E-state index < -0.39 is 28.9 Å². The van der Waals surface area contributed by atoms with Crippen LogP contribution in [0.1, 0.15) is 60.1 Å². The van der Waals surface area contributed by atoms with E-state index in [1.807, 2.05) is 6.92 Å². The van der Waals surface area contributed by atoms with Crippen LogP contribution in [0.2, 0.25) is 5.31 Å². The van der Waals surface area contributed by atoms with E-state index in [1.165, 1.54) is 6.92 Å². The van der Waals surface area contributed by atoms with Crippen molar-refractivity contribution in [1.82, 2.24) is 25.1 Å². The molecular weight excluding hydrogens is 447 g/mol. The molecule has 0 amide bonds. The summed E-state index contributed by atoms with van der Waals surface area (Å²) in [5.41, 5.74) is 5.38. The van der Waals surface area contributed by atoms with Crippen LogP contribution >= 0.6 is 0 Å². The third-order valence-corrected chi connectivity index (χ3v) is 8.12. The molecule has 34 heavy (non-hydrogen) atoms. The van der Waals surface area contributed by atoms with E-state index >= 15 is 4.39 Å². The fourth-order valence-corrected chi connectivity index (χ4v) is 6.58. The van der Waals surface area contributed by atoms with E-state index in [0.717, 1.165) is 37.7 Å². The summed E-state index contributed by atoms with van der Waals surface area (Å²) in [5.74, 6) is -0.496. The van der Waals surface area contributed by atoms with Gasteiger partial charge in [-0.15, -0.1) is 0 Å². The Kier molecular flexibility index (Phi) is 3.83. The molecule has 175 valence electrons. The lowest BCUT2D eigenvalue weighted by Crippen LogP contribution is -2.22. The van der Waals surface area contributed by atoms with E-state index in [0.29, 0.717) is 17.0 Å². The number of hydrogen-bond donors (Lipinski definition) is 2. The maximum atomic E-state index is 16.3. The largest absolute Gasteiger partial charge is 0.418 e. The third kappa shape index (κ3) is 2.53. The molecule has 3 aromatic rings. The normalized spacial score (nSPS) is 29.5.